The third-order valence-corrected chi connectivity index (χ3v) is 5.37. The van der Waals surface area contributed by atoms with Gasteiger partial charge in [0.2, 0.25) is 5.13 Å². The van der Waals surface area contributed by atoms with Crippen molar-refractivity contribution in [3.05, 3.63) is 23.1 Å². The highest BCUT2D eigenvalue weighted by Crippen LogP contribution is 2.39. The van der Waals surface area contributed by atoms with Gasteiger partial charge in [-0.1, -0.05) is 6.07 Å². The summed E-state index contributed by atoms with van der Waals surface area (Å²) in [5, 5.41) is -0.711. The zero-order valence-corrected chi connectivity index (χ0v) is 13.9. The number of ether oxygens (including phenoxy) is 1. The molecule has 1 aromatic carbocycles. The molecule has 2 heterocycles. The van der Waals surface area contributed by atoms with Gasteiger partial charge < -0.3 is 14.0 Å². The van der Waals surface area contributed by atoms with Crippen molar-refractivity contribution in [3.63, 3.8) is 0 Å². The summed E-state index contributed by atoms with van der Waals surface area (Å²) in [6.45, 7) is 7.73. The summed E-state index contributed by atoms with van der Waals surface area (Å²) in [5.74, 6) is -0.635. The fraction of sp³-hybridized carbons (Fsp3) is 0.467. The van der Waals surface area contributed by atoms with Crippen LogP contribution in [0.1, 0.15) is 27.7 Å². The van der Waals surface area contributed by atoms with Crippen LogP contribution in [0.25, 0.3) is 10.1 Å². The molecule has 0 aliphatic carbocycles. The smallest absolute Gasteiger partial charge is 0.496 e. The van der Waals surface area contributed by atoms with Crippen LogP contribution in [0.4, 0.5) is 8.78 Å². The average molecular weight is 326 g/mol. The maximum atomic E-state index is 14.1. The Morgan fingerprint density at radius 3 is 2.23 bits per heavy atom. The fourth-order valence-corrected chi connectivity index (χ4v) is 3.29. The Labute approximate surface area is 132 Å². The molecule has 0 spiro atoms. The predicted molar refractivity (Wildman–Crippen MR) is 84.0 cm³/mol. The first-order chi connectivity index (χ1) is 10.2. The standard InChI is InChI=1S/C15H17BF2O3S/c1-14(2)15(3,4)21-16(20-14)8-6-7-9-10(12(8)19-5)11(17)13(18)22-9/h6-7H,1-5H3. The van der Waals surface area contributed by atoms with E-state index < -0.39 is 29.3 Å². The first kappa shape index (κ1) is 15.7. The average Bonchev–Trinajstić information content (AvgIpc) is 2.83. The number of fused-ring (bicyclic) bond motifs is 1. The first-order valence-electron chi connectivity index (χ1n) is 6.98. The Morgan fingerprint density at radius 2 is 1.68 bits per heavy atom. The predicted octanol–water partition coefficient (Wildman–Crippen LogP) is 3.49. The van der Waals surface area contributed by atoms with Gasteiger partial charge in [0.25, 0.3) is 0 Å². The van der Waals surface area contributed by atoms with Crippen molar-refractivity contribution < 1.29 is 22.8 Å². The van der Waals surface area contributed by atoms with Gasteiger partial charge in [0, 0.05) is 10.2 Å². The summed E-state index contributed by atoms with van der Waals surface area (Å²) < 4.78 is 45.4. The molecule has 1 saturated heterocycles. The van der Waals surface area contributed by atoms with Crippen LogP contribution < -0.4 is 10.2 Å². The van der Waals surface area contributed by atoms with Gasteiger partial charge in [-0.15, -0.1) is 11.3 Å². The second-order valence-electron chi connectivity index (χ2n) is 6.34. The second-order valence-corrected chi connectivity index (χ2v) is 7.34. The number of benzene rings is 1. The van der Waals surface area contributed by atoms with E-state index in [1.807, 2.05) is 27.7 Å². The monoisotopic (exact) mass is 326 g/mol. The van der Waals surface area contributed by atoms with Crippen molar-refractivity contribution in [2.45, 2.75) is 38.9 Å². The third kappa shape index (κ3) is 2.14. The molecule has 2 aromatic rings. The topological polar surface area (TPSA) is 27.7 Å². The molecular formula is C15H17BF2O3S. The lowest BCUT2D eigenvalue weighted by molar-refractivity contribution is 0.00578. The van der Waals surface area contributed by atoms with Gasteiger partial charge in [0.05, 0.1) is 23.7 Å². The van der Waals surface area contributed by atoms with Crippen LogP contribution in [0.5, 0.6) is 5.75 Å². The molecule has 0 atom stereocenters. The van der Waals surface area contributed by atoms with Crippen molar-refractivity contribution in [2.24, 2.45) is 0 Å². The van der Waals surface area contributed by atoms with Gasteiger partial charge in [0.1, 0.15) is 5.75 Å². The van der Waals surface area contributed by atoms with Gasteiger partial charge in [-0.3, -0.25) is 0 Å². The van der Waals surface area contributed by atoms with Crippen molar-refractivity contribution >= 4 is 34.0 Å². The van der Waals surface area contributed by atoms with E-state index in [1.165, 1.54) is 7.11 Å². The van der Waals surface area contributed by atoms with Gasteiger partial charge >= 0.3 is 7.12 Å². The van der Waals surface area contributed by atoms with Crippen LogP contribution in [-0.2, 0) is 9.31 Å². The molecule has 3 rings (SSSR count). The Morgan fingerprint density at radius 1 is 1.09 bits per heavy atom. The number of rotatable bonds is 2. The quantitative estimate of drug-likeness (QED) is 0.791. The summed E-state index contributed by atoms with van der Waals surface area (Å²) in [7, 11) is 0.741. The van der Waals surface area contributed by atoms with Crippen molar-refractivity contribution in [1.29, 1.82) is 0 Å². The SMILES string of the molecule is COc1c(B2OC(C)(C)C(C)(C)O2)ccc2sc(F)c(F)c12. The number of methoxy groups -OCH3 is 1. The second kappa shape index (κ2) is 4.91. The van der Waals surface area contributed by atoms with E-state index in [0.29, 0.717) is 10.2 Å². The summed E-state index contributed by atoms with van der Waals surface area (Å²) in [6, 6.07) is 3.40. The van der Waals surface area contributed by atoms with Gasteiger partial charge in [-0.05, 0) is 33.8 Å². The Balaban J connectivity index is 2.15. The van der Waals surface area contributed by atoms with Crippen LogP contribution in [0, 0.1) is 10.9 Å². The number of hydrogen-bond donors (Lipinski definition) is 0. The van der Waals surface area contributed by atoms with Gasteiger partial charge in [-0.25, -0.2) is 4.39 Å². The van der Waals surface area contributed by atoms with Crippen molar-refractivity contribution in [3.8, 4) is 5.75 Å². The number of thiophene rings is 1. The molecule has 1 aromatic heterocycles. The van der Waals surface area contributed by atoms with Gasteiger partial charge in [0.15, 0.2) is 5.82 Å². The van der Waals surface area contributed by atoms with E-state index in [9.17, 15) is 8.78 Å². The van der Waals surface area contributed by atoms with E-state index >= 15 is 0 Å². The highest BCUT2D eigenvalue weighted by molar-refractivity contribution is 7.17. The van der Waals surface area contributed by atoms with Crippen LogP contribution >= 0.6 is 11.3 Å². The molecule has 0 unspecified atom stereocenters. The minimum Gasteiger partial charge on any atom is -0.496 e. The molecule has 0 N–H and O–H groups in total. The fourth-order valence-electron chi connectivity index (χ4n) is 2.49. The van der Waals surface area contributed by atoms with Crippen LogP contribution in [0.3, 0.4) is 0 Å². The van der Waals surface area contributed by atoms with E-state index in [4.69, 9.17) is 14.0 Å². The summed E-state index contributed by atoms with van der Waals surface area (Å²) >= 11 is 0.756. The maximum absolute atomic E-state index is 14.1. The van der Waals surface area contributed by atoms with E-state index in [2.05, 4.69) is 0 Å². The largest absolute Gasteiger partial charge is 0.498 e. The molecule has 7 heteroatoms. The molecule has 1 aliphatic heterocycles. The molecule has 0 amide bonds. The summed E-state index contributed by atoms with van der Waals surface area (Å²) in [6.07, 6.45) is 0. The molecule has 0 radical (unpaired) electrons. The Hall–Kier alpha value is -1.18. The van der Waals surface area contributed by atoms with E-state index in [-0.39, 0.29) is 11.1 Å². The highest BCUT2D eigenvalue weighted by Gasteiger charge is 2.52. The van der Waals surface area contributed by atoms with Crippen LogP contribution in [-0.4, -0.2) is 25.4 Å². The number of hydrogen-bond acceptors (Lipinski definition) is 4. The van der Waals surface area contributed by atoms with Crippen molar-refractivity contribution in [1.82, 2.24) is 0 Å². The summed E-state index contributed by atoms with van der Waals surface area (Å²) in [4.78, 5) is 0. The molecule has 0 saturated carbocycles. The lowest BCUT2D eigenvalue weighted by atomic mass is 9.77. The minimum atomic E-state index is -0.893. The highest BCUT2D eigenvalue weighted by atomic mass is 32.1. The lowest BCUT2D eigenvalue weighted by Crippen LogP contribution is -2.41. The zero-order chi connectivity index (χ0) is 16.3. The summed E-state index contributed by atoms with van der Waals surface area (Å²) in [5.41, 5.74) is -0.475. The number of halogens is 2. The lowest BCUT2D eigenvalue weighted by Gasteiger charge is -2.32. The Kier molecular flexibility index (Phi) is 3.51. The third-order valence-electron chi connectivity index (χ3n) is 4.45. The molecular weight excluding hydrogens is 309 g/mol. The van der Waals surface area contributed by atoms with Crippen molar-refractivity contribution in [2.75, 3.05) is 7.11 Å². The van der Waals surface area contributed by atoms with Crippen LogP contribution in [0.2, 0.25) is 0 Å². The molecule has 3 nitrogen and oxygen atoms in total. The molecule has 1 aliphatic rings. The normalized spacial score (nSPS) is 19.9. The maximum Gasteiger partial charge on any atom is 0.498 e. The van der Waals surface area contributed by atoms with Crippen LogP contribution in [0.15, 0.2) is 12.1 Å². The minimum absolute atomic E-state index is 0.136. The molecule has 22 heavy (non-hydrogen) atoms. The Bertz CT molecular complexity index is 726. The first-order valence-corrected chi connectivity index (χ1v) is 7.79. The zero-order valence-electron chi connectivity index (χ0n) is 13.1. The van der Waals surface area contributed by atoms with E-state index in [0.717, 1.165) is 11.3 Å². The van der Waals surface area contributed by atoms with Gasteiger partial charge in [-0.2, -0.15) is 4.39 Å². The molecule has 0 bridgehead atoms. The molecule has 1 fully saturated rings. The molecule has 118 valence electrons. The van der Waals surface area contributed by atoms with E-state index in [1.54, 1.807) is 12.1 Å².